The van der Waals surface area contributed by atoms with E-state index in [0.717, 1.165) is 12.1 Å². The summed E-state index contributed by atoms with van der Waals surface area (Å²) in [6.07, 6.45) is 8.24. The highest BCUT2D eigenvalue weighted by Crippen LogP contribution is 2.35. The molecule has 1 saturated carbocycles. The summed E-state index contributed by atoms with van der Waals surface area (Å²) >= 11 is 1.90. The summed E-state index contributed by atoms with van der Waals surface area (Å²) in [6, 6.07) is 5.18. The smallest absolute Gasteiger partial charge is 0.115 e. The lowest BCUT2D eigenvalue weighted by Gasteiger charge is -2.16. The lowest BCUT2D eigenvalue weighted by Crippen LogP contribution is -2.24. The fourth-order valence-electron chi connectivity index (χ4n) is 2.78. The lowest BCUT2D eigenvalue weighted by molar-refractivity contribution is 0.594. The summed E-state index contributed by atoms with van der Waals surface area (Å²) in [4.78, 5) is 10.9. The highest BCUT2D eigenvalue weighted by molar-refractivity contribution is 7.11. The lowest BCUT2D eigenvalue weighted by atomic mass is 10.1. The Balaban J connectivity index is 1.68. The summed E-state index contributed by atoms with van der Waals surface area (Å²) in [5.74, 6) is 0. The van der Waals surface area contributed by atoms with Gasteiger partial charge >= 0.3 is 0 Å². The van der Waals surface area contributed by atoms with Gasteiger partial charge in [-0.25, -0.2) is 4.98 Å². The van der Waals surface area contributed by atoms with Crippen molar-refractivity contribution in [1.82, 2.24) is 15.3 Å². The van der Waals surface area contributed by atoms with Crippen LogP contribution in [0.4, 0.5) is 0 Å². The van der Waals surface area contributed by atoms with Crippen LogP contribution in [0.15, 0.2) is 18.3 Å². The minimum Gasteiger partial charge on any atom is -0.301 e. The van der Waals surface area contributed by atoms with Crippen molar-refractivity contribution in [2.75, 3.05) is 0 Å². The molecule has 2 aromatic rings. The Morgan fingerprint density at radius 3 is 2.90 bits per heavy atom. The van der Waals surface area contributed by atoms with Crippen LogP contribution in [0.3, 0.4) is 0 Å². The first-order chi connectivity index (χ1) is 9.79. The second-order valence-corrected chi connectivity index (χ2v) is 7.00. The van der Waals surface area contributed by atoms with E-state index in [9.17, 15) is 0 Å². The molecule has 4 heteroatoms. The van der Waals surface area contributed by atoms with Crippen LogP contribution in [0.5, 0.6) is 0 Å². The van der Waals surface area contributed by atoms with Crippen molar-refractivity contribution in [2.45, 2.75) is 51.1 Å². The van der Waals surface area contributed by atoms with Gasteiger partial charge in [0.25, 0.3) is 0 Å². The molecule has 0 spiro atoms. The quantitative estimate of drug-likeness (QED) is 0.937. The van der Waals surface area contributed by atoms with Gasteiger partial charge in [0.2, 0.25) is 0 Å². The second-order valence-electron chi connectivity index (χ2n) is 5.88. The average molecular weight is 285 g/mol. The Hall–Kier alpha value is -1.26. The minimum atomic E-state index is 0.228. The van der Waals surface area contributed by atoms with E-state index in [-0.39, 0.29) is 6.04 Å². The van der Waals surface area contributed by atoms with Crippen LogP contribution >= 0.6 is 11.3 Å². The third kappa shape index (κ3) is 2.38. The van der Waals surface area contributed by atoms with Crippen molar-refractivity contribution >= 4 is 11.3 Å². The molecular formula is C16H19N3S. The molecule has 20 heavy (non-hydrogen) atoms. The van der Waals surface area contributed by atoms with E-state index >= 15 is 0 Å². The van der Waals surface area contributed by atoms with E-state index in [4.69, 9.17) is 4.98 Å². The highest BCUT2D eigenvalue weighted by atomic mass is 32.1. The van der Waals surface area contributed by atoms with Crippen LogP contribution in [0.1, 0.15) is 52.1 Å². The molecule has 1 unspecified atom stereocenters. The van der Waals surface area contributed by atoms with Crippen LogP contribution in [0.25, 0.3) is 0 Å². The van der Waals surface area contributed by atoms with E-state index in [1.54, 1.807) is 0 Å². The van der Waals surface area contributed by atoms with Crippen molar-refractivity contribution < 1.29 is 0 Å². The number of hydrogen-bond acceptors (Lipinski definition) is 4. The predicted molar refractivity (Wildman–Crippen MR) is 81.1 cm³/mol. The third-order valence-electron chi connectivity index (χ3n) is 4.11. The van der Waals surface area contributed by atoms with Crippen LogP contribution in [0.2, 0.25) is 0 Å². The largest absolute Gasteiger partial charge is 0.301 e. The SMILES string of the molecule is Cc1ccc(C(NC2CC2)c2nc3c(s2)CCC3)cn1. The molecule has 4 rings (SSSR count). The van der Waals surface area contributed by atoms with Crippen LogP contribution in [0, 0.1) is 6.92 Å². The van der Waals surface area contributed by atoms with E-state index in [1.807, 2.05) is 24.5 Å². The number of aryl methyl sites for hydroxylation is 3. The Morgan fingerprint density at radius 1 is 1.30 bits per heavy atom. The number of rotatable bonds is 4. The van der Waals surface area contributed by atoms with Gasteiger partial charge < -0.3 is 5.32 Å². The molecule has 0 aromatic carbocycles. The first kappa shape index (κ1) is 12.5. The van der Waals surface area contributed by atoms with Crippen molar-refractivity contribution in [3.8, 4) is 0 Å². The molecule has 104 valence electrons. The van der Waals surface area contributed by atoms with Crippen LogP contribution in [-0.4, -0.2) is 16.0 Å². The summed E-state index contributed by atoms with van der Waals surface area (Å²) < 4.78 is 0. The van der Waals surface area contributed by atoms with Crippen molar-refractivity contribution in [3.05, 3.63) is 45.2 Å². The molecule has 2 aliphatic carbocycles. The maximum atomic E-state index is 4.90. The van der Waals surface area contributed by atoms with Crippen LogP contribution < -0.4 is 5.32 Å². The van der Waals surface area contributed by atoms with E-state index in [1.165, 1.54) is 46.8 Å². The van der Waals surface area contributed by atoms with Gasteiger partial charge in [-0.2, -0.15) is 0 Å². The zero-order valence-corrected chi connectivity index (χ0v) is 12.5. The van der Waals surface area contributed by atoms with Crippen molar-refractivity contribution in [3.63, 3.8) is 0 Å². The molecule has 0 amide bonds. The first-order valence-electron chi connectivity index (χ1n) is 7.46. The standard InChI is InChI=1S/C16H19N3S/c1-10-5-6-11(9-17-10)15(18-12-7-8-12)16-19-13-3-2-4-14(13)20-16/h5-6,9,12,15,18H,2-4,7-8H2,1H3. The van der Waals surface area contributed by atoms with E-state index in [2.05, 4.69) is 22.4 Å². The van der Waals surface area contributed by atoms with Gasteiger partial charge in [0.05, 0.1) is 11.7 Å². The Bertz CT molecular complexity index is 592. The third-order valence-corrected chi connectivity index (χ3v) is 5.33. The fourth-order valence-corrected chi connectivity index (χ4v) is 4.02. The van der Waals surface area contributed by atoms with Gasteiger partial charge in [0, 0.05) is 22.8 Å². The first-order valence-corrected chi connectivity index (χ1v) is 8.28. The van der Waals surface area contributed by atoms with Gasteiger partial charge in [-0.1, -0.05) is 6.07 Å². The normalized spacial score (nSPS) is 19.1. The second kappa shape index (κ2) is 4.93. The molecule has 2 heterocycles. The molecule has 1 fully saturated rings. The fraction of sp³-hybridized carbons (Fsp3) is 0.500. The number of hydrogen-bond donors (Lipinski definition) is 1. The number of nitrogens with zero attached hydrogens (tertiary/aromatic N) is 2. The molecule has 0 saturated heterocycles. The molecule has 0 radical (unpaired) electrons. The molecule has 3 nitrogen and oxygen atoms in total. The van der Waals surface area contributed by atoms with Crippen LogP contribution in [-0.2, 0) is 12.8 Å². The summed E-state index contributed by atoms with van der Waals surface area (Å²) in [5.41, 5.74) is 3.66. The minimum absolute atomic E-state index is 0.228. The van der Waals surface area contributed by atoms with Gasteiger partial charge in [0.15, 0.2) is 0 Å². The Labute approximate surface area is 123 Å². The van der Waals surface area contributed by atoms with Crippen molar-refractivity contribution in [2.24, 2.45) is 0 Å². The number of fused-ring (bicyclic) bond motifs is 1. The van der Waals surface area contributed by atoms with Crippen molar-refractivity contribution in [1.29, 1.82) is 0 Å². The molecule has 0 aliphatic heterocycles. The molecule has 1 atom stereocenters. The monoisotopic (exact) mass is 285 g/mol. The maximum Gasteiger partial charge on any atom is 0.115 e. The zero-order valence-electron chi connectivity index (χ0n) is 11.7. The summed E-state index contributed by atoms with van der Waals surface area (Å²) in [6.45, 7) is 2.03. The topological polar surface area (TPSA) is 37.8 Å². The molecule has 2 aliphatic rings. The average Bonchev–Trinajstić information content (AvgIpc) is 3.01. The van der Waals surface area contributed by atoms with Gasteiger partial charge in [-0.15, -0.1) is 11.3 Å². The van der Waals surface area contributed by atoms with Gasteiger partial charge in [-0.05, 0) is 50.7 Å². The van der Waals surface area contributed by atoms with E-state index < -0.39 is 0 Å². The number of nitrogens with one attached hydrogen (secondary N) is 1. The maximum absolute atomic E-state index is 4.90. The Morgan fingerprint density at radius 2 is 2.20 bits per heavy atom. The molecular weight excluding hydrogens is 266 g/mol. The number of pyridine rings is 1. The number of thiazole rings is 1. The zero-order chi connectivity index (χ0) is 13.5. The molecule has 2 aromatic heterocycles. The summed E-state index contributed by atoms with van der Waals surface area (Å²) in [5, 5.41) is 4.97. The Kier molecular flexibility index (Phi) is 3.08. The summed E-state index contributed by atoms with van der Waals surface area (Å²) in [7, 11) is 0. The predicted octanol–water partition coefficient (Wildman–Crippen LogP) is 3.18. The number of aromatic nitrogens is 2. The van der Waals surface area contributed by atoms with E-state index in [0.29, 0.717) is 6.04 Å². The molecule has 1 N–H and O–H groups in total. The molecule has 0 bridgehead atoms. The van der Waals surface area contributed by atoms with Gasteiger partial charge in [0.1, 0.15) is 5.01 Å². The van der Waals surface area contributed by atoms with Gasteiger partial charge in [-0.3, -0.25) is 4.98 Å². The highest BCUT2D eigenvalue weighted by Gasteiger charge is 2.29.